The quantitative estimate of drug-likeness (QED) is 0.420. The Bertz CT molecular complexity index is 532. The van der Waals surface area contributed by atoms with Crippen molar-refractivity contribution < 1.29 is 9.47 Å². The van der Waals surface area contributed by atoms with Crippen molar-refractivity contribution in [2.75, 3.05) is 25.2 Å². The van der Waals surface area contributed by atoms with E-state index in [1.807, 2.05) is 11.4 Å². The standard InChI is InChI=1S/C13H20N4O2S/c1-2-3-5-18-6-7-19-9-11-15-12(17-14)10-4-8-20-13(10)16-11/h4,8H,2-3,5-7,9,14H2,1H3,(H,15,16,17). The van der Waals surface area contributed by atoms with E-state index in [0.29, 0.717) is 31.5 Å². The van der Waals surface area contributed by atoms with Gasteiger partial charge < -0.3 is 14.9 Å². The Morgan fingerprint density at radius 3 is 2.90 bits per heavy atom. The number of aromatic nitrogens is 2. The van der Waals surface area contributed by atoms with Crippen molar-refractivity contribution in [2.24, 2.45) is 5.84 Å². The zero-order valence-electron chi connectivity index (χ0n) is 11.6. The number of rotatable bonds is 9. The molecule has 20 heavy (non-hydrogen) atoms. The molecule has 0 fully saturated rings. The largest absolute Gasteiger partial charge is 0.379 e. The molecule has 0 radical (unpaired) electrons. The van der Waals surface area contributed by atoms with Gasteiger partial charge in [-0.15, -0.1) is 11.3 Å². The molecule has 0 aliphatic heterocycles. The monoisotopic (exact) mass is 296 g/mol. The molecule has 0 aromatic carbocycles. The third-order valence-electron chi connectivity index (χ3n) is 2.75. The Labute approximate surface area is 122 Å². The predicted octanol–water partition coefficient (Wildman–Crippen LogP) is 2.31. The van der Waals surface area contributed by atoms with Crippen LogP contribution in [-0.2, 0) is 16.1 Å². The maximum Gasteiger partial charge on any atom is 0.158 e. The highest BCUT2D eigenvalue weighted by molar-refractivity contribution is 7.16. The lowest BCUT2D eigenvalue weighted by molar-refractivity contribution is 0.0375. The normalized spacial score (nSPS) is 11.1. The molecule has 0 unspecified atom stereocenters. The number of thiophene rings is 1. The fourth-order valence-corrected chi connectivity index (χ4v) is 2.49. The van der Waals surface area contributed by atoms with Crippen molar-refractivity contribution >= 4 is 27.4 Å². The summed E-state index contributed by atoms with van der Waals surface area (Å²) in [6.07, 6.45) is 2.23. The molecule has 0 spiro atoms. The summed E-state index contributed by atoms with van der Waals surface area (Å²) in [5.74, 6) is 6.73. The first-order valence-corrected chi connectivity index (χ1v) is 7.59. The van der Waals surface area contributed by atoms with Crippen molar-refractivity contribution in [3.63, 3.8) is 0 Å². The topological polar surface area (TPSA) is 82.3 Å². The average molecular weight is 296 g/mol. The van der Waals surface area contributed by atoms with Crippen molar-refractivity contribution in [3.8, 4) is 0 Å². The molecular weight excluding hydrogens is 276 g/mol. The second kappa shape index (κ2) is 8.11. The van der Waals surface area contributed by atoms with E-state index >= 15 is 0 Å². The Kier molecular flexibility index (Phi) is 6.13. The number of nitrogens with two attached hydrogens (primary N) is 1. The minimum atomic E-state index is 0.361. The molecule has 2 heterocycles. The van der Waals surface area contributed by atoms with E-state index in [1.54, 1.807) is 11.3 Å². The number of fused-ring (bicyclic) bond motifs is 1. The van der Waals surface area contributed by atoms with Gasteiger partial charge in [0, 0.05) is 6.61 Å². The van der Waals surface area contributed by atoms with E-state index in [4.69, 9.17) is 15.3 Å². The summed E-state index contributed by atoms with van der Waals surface area (Å²) in [5, 5.41) is 2.90. The van der Waals surface area contributed by atoms with Gasteiger partial charge in [-0.3, -0.25) is 0 Å². The van der Waals surface area contributed by atoms with Crippen LogP contribution in [0.2, 0.25) is 0 Å². The molecule has 2 aromatic heterocycles. The zero-order chi connectivity index (χ0) is 14.2. The molecule has 0 aliphatic carbocycles. The van der Waals surface area contributed by atoms with Gasteiger partial charge in [0.15, 0.2) is 11.6 Å². The average Bonchev–Trinajstić information content (AvgIpc) is 2.93. The number of nitrogens with one attached hydrogen (secondary N) is 1. The van der Waals surface area contributed by atoms with E-state index in [2.05, 4.69) is 22.3 Å². The molecule has 0 aliphatic rings. The van der Waals surface area contributed by atoms with Gasteiger partial charge in [0.1, 0.15) is 11.4 Å². The van der Waals surface area contributed by atoms with Crippen LogP contribution in [0, 0.1) is 0 Å². The summed E-state index contributed by atoms with van der Waals surface area (Å²) < 4.78 is 10.9. The summed E-state index contributed by atoms with van der Waals surface area (Å²) in [4.78, 5) is 9.68. The summed E-state index contributed by atoms with van der Waals surface area (Å²) in [6, 6.07) is 1.95. The number of hydrazine groups is 1. The van der Waals surface area contributed by atoms with Crippen molar-refractivity contribution in [3.05, 3.63) is 17.3 Å². The minimum Gasteiger partial charge on any atom is -0.379 e. The van der Waals surface area contributed by atoms with Gasteiger partial charge in [0.25, 0.3) is 0 Å². The summed E-state index contributed by atoms with van der Waals surface area (Å²) in [5.41, 5.74) is 2.60. The molecule has 0 atom stereocenters. The molecule has 0 bridgehead atoms. The Morgan fingerprint density at radius 2 is 2.10 bits per heavy atom. The number of nitrogens with zero attached hydrogens (tertiary/aromatic N) is 2. The Morgan fingerprint density at radius 1 is 1.25 bits per heavy atom. The lowest BCUT2D eigenvalue weighted by Gasteiger charge is -2.07. The number of hydrogen-bond donors (Lipinski definition) is 2. The number of ether oxygens (including phenoxy) is 2. The van der Waals surface area contributed by atoms with Gasteiger partial charge in [0.05, 0.1) is 18.6 Å². The Hall–Kier alpha value is -1.28. The van der Waals surface area contributed by atoms with Gasteiger partial charge in [-0.25, -0.2) is 15.8 Å². The second-order valence-electron chi connectivity index (χ2n) is 4.29. The van der Waals surface area contributed by atoms with Crippen LogP contribution in [0.4, 0.5) is 5.82 Å². The molecule has 2 rings (SSSR count). The fraction of sp³-hybridized carbons (Fsp3) is 0.538. The molecule has 2 aromatic rings. The number of unbranched alkanes of at least 4 members (excludes halogenated alkanes) is 1. The van der Waals surface area contributed by atoms with Gasteiger partial charge in [-0.1, -0.05) is 13.3 Å². The molecule has 110 valence electrons. The van der Waals surface area contributed by atoms with Crippen LogP contribution < -0.4 is 11.3 Å². The first-order chi connectivity index (χ1) is 9.85. The lowest BCUT2D eigenvalue weighted by Crippen LogP contribution is -2.12. The molecule has 0 saturated heterocycles. The number of anilines is 1. The van der Waals surface area contributed by atoms with Crippen LogP contribution in [0.5, 0.6) is 0 Å². The van der Waals surface area contributed by atoms with Gasteiger partial charge >= 0.3 is 0 Å². The first-order valence-electron chi connectivity index (χ1n) is 6.71. The number of hydrogen-bond acceptors (Lipinski definition) is 7. The predicted molar refractivity (Wildman–Crippen MR) is 80.6 cm³/mol. The van der Waals surface area contributed by atoms with Crippen molar-refractivity contribution in [1.29, 1.82) is 0 Å². The van der Waals surface area contributed by atoms with E-state index in [1.165, 1.54) is 0 Å². The molecule has 0 amide bonds. The smallest absolute Gasteiger partial charge is 0.158 e. The van der Waals surface area contributed by atoms with E-state index in [9.17, 15) is 0 Å². The van der Waals surface area contributed by atoms with Crippen LogP contribution in [0.3, 0.4) is 0 Å². The highest BCUT2D eigenvalue weighted by Gasteiger charge is 2.07. The first kappa shape index (κ1) is 15.1. The zero-order valence-corrected chi connectivity index (χ0v) is 12.4. The SMILES string of the molecule is CCCCOCCOCc1nc(NN)c2ccsc2n1. The molecule has 3 N–H and O–H groups in total. The maximum absolute atomic E-state index is 5.51. The highest BCUT2D eigenvalue weighted by Crippen LogP contribution is 2.24. The molecule has 0 saturated carbocycles. The van der Waals surface area contributed by atoms with E-state index < -0.39 is 0 Å². The molecule has 6 nitrogen and oxygen atoms in total. The lowest BCUT2D eigenvalue weighted by atomic mass is 10.4. The molecular formula is C13H20N4O2S. The maximum atomic E-state index is 5.51. The third-order valence-corrected chi connectivity index (χ3v) is 3.56. The summed E-state index contributed by atoms with van der Waals surface area (Å²) in [6.45, 7) is 4.43. The van der Waals surface area contributed by atoms with Crippen molar-refractivity contribution in [2.45, 2.75) is 26.4 Å². The Balaban J connectivity index is 1.81. The van der Waals surface area contributed by atoms with Crippen LogP contribution in [0.1, 0.15) is 25.6 Å². The van der Waals surface area contributed by atoms with Crippen molar-refractivity contribution in [1.82, 2.24) is 9.97 Å². The number of nitrogen functional groups attached to an aromatic ring is 1. The van der Waals surface area contributed by atoms with Crippen LogP contribution in [0.25, 0.3) is 10.2 Å². The van der Waals surface area contributed by atoms with Crippen LogP contribution >= 0.6 is 11.3 Å². The van der Waals surface area contributed by atoms with Gasteiger partial charge in [-0.2, -0.15) is 0 Å². The van der Waals surface area contributed by atoms with Gasteiger partial charge in [-0.05, 0) is 17.9 Å². The third kappa shape index (κ3) is 4.11. The summed E-state index contributed by atoms with van der Waals surface area (Å²) >= 11 is 1.56. The van der Waals surface area contributed by atoms with Crippen LogP contribution in [0.15, 0.2) is 11.4 Å². The summed E-state index contributed by atoms with van der Waals surface area (Å²) in [7, 11) is 0. The second-order valence-corrected chi connectivity index (χ2v) is 5.19. The fourth-order valence-electron chi connectivity index (χ4n) is 1.70. The highest BCUT2D eigenvalue weighted by atomic mass is 32.1. The molecule has 7 heteroatoms. The van der Waals surface area contributed by atoms with Crippen LogP contribution in [-0.4, -0.2) is 29.8 Å². The van der Waals surface area contributed by atoms with E-state index in [-0.39, 0.29) is 0 Å². The van der Waals surface area contributed by atoms with E-state index in [0.717, 1.165) is 29.7 Å². The minimum absolute atomic E-state index is 0.361. The van der Waals surface area contributed by atoms with Gasteiger partial charge in [0.2, 0.25) is 0 Å².